The zero-order valence-corrected chi connectivity index (χ0v) is 9.83. The molecular formula is C9H14BrNS. The lowest BCUT2D eigenvalue weighted by atomic mass is 10.1. The first-order valence-corrected chi connectivity index (χ1v) is 5.83. The molecule has 0 spiro atoms. The molecule has 0 saturated carbocycles. The molecule has 1 nitrogen and oxygen atoms in total. The van der Waals surface area contributed by atoms with Gasteiger partial charge in [0.2, 0.25) is 0 Å². The van der Waals surface area contributed by atoms with Crippen molar-refractivity contribution < 1.29 is 0 Å². The maximum atomic E-state index is 3.47. The van der Waals surface area contributed by atoms with E-state index in [0.717, 1.165) is 6.54 Å². The average molecular weight is 248 g/mol. The predicted octanol–water partition coefficient (Wildman–Crippen LogP) is 3.22. The van der Waals surface area contributed by atoms with E-state index in [1.807, 2.05) is 18.4 Å². The van der Waals surface area contributed by atoms with E-state index in [1.54, 1.807) is 0 Å². The molecule has 0 amide bonds. The lowest BCUT2D eigenvalue weighted by molar-refractivity contribution is 0.620. The summed E-state index contributed by atoms with van der Waals surface area (Å²) in [5.74, 6) is 0.672. The molecule has 1 unspecified atom stereocenters. The Labute approximate surface area is 86.3 Å². The van der Waals surface area contributed by atoms with Gasteiger partial charge < -0.3 is 5.32 Å². The van der Waals surface area contributed by atoms with Gasteiger partial charge in [0, 0.05) is 27.2 Å². The van der Waals surface area contributed by atoms with Crippen molar-refractivity contribution in [1.29, 1.82) is 0 Å². The summed E-state index contributed by atoms with van der Waals surface area (Å²) >= 11 is 5.31. The fourth-order valence-corrected chi connectivity index (χ4v) is 2.87. The molecule has 1 aromatic rings. The summed E-state index contributed by atoms with van der Waals surface area (Å²) < 4.78 is 1.21. The minimum absolute atomic E-state index is 0.672. The second kappa shape index (κ2) is 5.00. The van der Waals surface area contributed by atoms with E-state index < -0.39 is 0 Å². The molecule has 0 aliphatic rings. The van der Waals surface area contributed by atoms with E-state index in [-0.39, 0.29) is 0 Å². The Kier molecular flexibility index (Phi) is 4.26. The summed E-state index contributed by atoms with van der Waals surface area (Å²) in [6.45, 7) is 3.30. The number of thiophene rings is 1. The highest BCUT2D eigenvalue weighted by molar-refractivity contribution is 9.10. The fourth-order valence-electron chi connectivity index (χ4n) is 1.23. The first kappa shape index (κ1) is 10.2. The zero-order chi connectivity index (χ0) is 8.97. The molecule has 1 rings (SSSR count). The Hall–Kier alpha value is 0.140. The monoisotopic (exact) mass is 247 g/mol. The maximum Gasteiger partial charge on any atom is 0.0285 e. The fraction of sp³-hybridized carbons (Fsp3) is 0.556. The number of nitrogens with one attached hydrogen (secondary N) is 1. The molecule has 1 heterocycles. The van der Waals surface area contributed by atoms with Crippen LogP contribution in [0, 0.1) is 0 Å². The molecule has 0 saturated heterocycles. The SMILES string of the molecule is CCC(CNC)c1cc(Br)cs1. The summed E-state index contributed by atoms with van der Waals surface area (Å²) in [7, 11) is 2.01. The molecule has 0 aliphatic heterocycles. The van der Waals surface area contributed by atoms with E-state index in [2.05, 4.69) is 39.6 Å². The van der Waals surface area contributed by atoms with Crippen LogP contribution in [0.25, 0.3) is 0 Å². The van der Waals surface area contributed by atoms with Crippen molar-refractivity contribution in [2.24, 2.45) is 0 Å². The molecule has 0 aliphatic carbocycles. The number of halogens is 1. The predicted molar refractivity (Wildman–Crippen MR) is 59.0 cm³/mol. The van der Waals surface area contributed by atoms with Gasteiger partial charge in [-0.2, -0.15) is 0 Å². The summed E-state index contributed by atoms with van der Waals surface area (Å²) in [6.07, 6.45) is 1.20. The quantitative estimate of drug-likeness (QED) is 0.862. The standard InChI is InChI=1S/C9H14BrNS/c1-3-7(5-11-2)9-4-8(10)6-12-9/h4,6-7,11H,3,5H2,1-2H3. The van der Waals surface area contributed by atoms with E-state index in [9.17, 15) is 0 Å². The van der Waals surface area contributed by atoms with Crippen LogP contribution in [0.1, 0.15) is 24.1 Å². The van der Waals surface area contributed by atoms with E-state index >= 15 is 0 Å². The van der Waals surface area contributed by atoms with Crippen LogP contribution in [0.5, 0.6) is 0 Å². The largest absolute Gasteiger partial charge is 0.319 e. The van der Waals surface area contributed by atoms with Crippen molar-refractivity contribution in [2.45, 2.75) is 19.3 Å². The molecule has 12 heavy (non-hydrogen) atoms. The van der Waals surface area contributed by atoms with Gasteiger partial charge in [0.15, 0.2) is 0 Å². The van der Waals surface area contributed by atoms with Crippen molar-refractivity contribution in [3.8, 4) is 0 Å². The van der Waals surface area contributed by atoms with Gasteiger partial charge in [0.25, 0.3) is 0 Å². The molecule has 0 radical (unpaired) electrons. The topological polar surface area (TPSA) is 12.0 Å². The van der Waals surface area contributed by atoms with Crippen LogP contribution in [0.2, 0.25) is 0 Å². The van der Waals surface area contributed by atoms with E-state index in [1.165, 1.54) is 15.8 Å². The van der Waals surface area contributed by atoms with Crippen molar-refractivity contribution >= 4 is 27.3 Å². The Morgan fingerprint density at radius 2 is 2.42 bits per heavy atom. The van der Waals surface area contributed by atoms with Gasteiger partial charge in [-0.3, -0.25) is 0 Å². The number of hydrogen-bond donors (Lipinski definition) is 1. The smallest absolute Gasteiger partial charge is 0.0285 e. The minimum Gasteiger partial charge on any atom is -0.319 e. The van der Waals surface area contributed by atoms with Crippen LogP contribution in [0.3, 0.4) is 0 Å². The summed E-state index contributed by atoms with van der Waals surface area (Å²) in [5.41, 5.74) is 0. The number of hydrogen-bond acceptors (Lipinski definition) is 2. The number of rotatable bonds is 4. The zero-order valence-electron chi connectivity index (χ0n) is 7.43. The second-order valence-electron chi connectivity index (χ2n) is 2.83. The van der Waals surface area contributed by atoms with Crippen LogP contribution >= 0.6 is 27.3 Å². The summed E-state index contributed by atoms with van der Waals surface area (Å²) in [5, 5.41) is 5.36. The van der Waals surface area contributed by atoms with Crippen LogP contribution < -0.4 is 5.32 Å². The molecule has 0 fully saturated rings. The second-order valence-corrected chi connectivity index (χ2v) is 4.69. The molecule has 1 atom stereocenters. The molecule has 0 aromatic carbocycles. The third kappa shape index (κ3) is 2.57. The molecule has 1 N–H and O–H groups in total. The van der Waals surface area contributed by atoms with Crippen LogP contribution in [0.15, 0.2) is 15.9 Å². The first-order valence-electron chi connectivity index (χ1n) is 4.16. The van der Waals surface area contributed by atoms with Gasteiger partial charge in [-0.05, 0) is 35.5 Å². The van der Waals surface area contributed by atoms with Crippen LogP contribution in [0.4, 0.5) is 0 Å². The van der Waals surface area contributed by atoms with Crippen molar-refractivity contribution in [1.82, 2.24) is 5.32 Å². The Morgan fingerprint density at radius 3 is 2.83 bits per heavy atom. The van der Waals surface area contributed by atoms with Gasteiger partial charge in [0.05, 0.1) is 0 Å². The Morgan fingerprint density at radius 1 is 1.67 bits per heavy atom. The summed E-state index contributed by atoms with van der Waals surface area (Å²) in [6, 6.07) is 2.22. The average Bonchev–Trinajstić information content (AvgIpc) is 2.47. The third-order valence-corrected chi connectivity index (χ3v) is 3.79. The Bertz CT molecular complexity index is 234. The third-order valence-electron chi connectivity index (χ3n) is 1.93. The highest BCUT2D eigenvalue weighted by atomic mass is 79.9. The lowest BCUT2D eigenvalue weighted by Gasteiger charge is -2.11. The molecular weight excluding hydrogens is 234 g/mol. The lowest BCUT2D eigenvalue weighted by Crippen LogP contribution is -2.15. The van der Waals surface area contributed by atoms with Gasteiger partial charge in [0.1, 0.15) is 0 Å². The van der Waals surface area contributed by atoms with Crippen molar-refractivity contribution in [3.63, 3.8) is 0 Å². The van der Waals surface area contributed by atoms with E-state index in [0.29, 0.717) is 5.92 Å². The van der Waals surface area contributed by atoms with E-state index in [4.69, 9.17) is 0 Å². The highest BCUT2D eigenvalue weighted by Gasteiger charge is 2.09. The van der Waals surface area contributed by atoms with Crippen LogP contribution in [-0.2, 0) is 0 Å². The molecule has 68 valence electrons. The van der Waals surface area contributed by atoms with Crippen molar-refractivity contribution in [3.05, 3.63) is 20.8 Å². The first-order chi connectivity index (χ1) is 5.77. The van der Waals surface area contributed by atoms with Gasteiger partial charge in [-0.1, -0.05) is 6.92 Å². The number of likely N-dealkylation sites (N-methyl/N-ethyl adjacent to an activating group) is 1. The molecule has 0 bridgehead atoms. The van der Waals surface area contributed by atoms with Gasteiger partial charge in [-0.15, -0.1) is 11.3 Å². The van der Waals surface area contributed by atoms with Gasteiger partial charge >= 0.3 is 0 Å². The normalized spacial score (nSPS) is 13.2. The maximum absolute atomic E-state index is 3.47. The van der Waals surface area contributed by atoms with Gasteiger partial charge in [-0.25, -0.2) is 0 Å². The molecule has 1 aromatic heterocycles. The molecule has 3 heteroatoms. The van der Waals surface area contributed by atoms with Crippen LogP contribution in [-0.4, -0.2) is 13.6 Å². The van der Waals surface area contributed by atoms with Crippen molar-refractivity contribution in [2.75, 3.05) is 13.6 Å². The highest BCUT2D eigenvalue weighted by Crippen LogP contribution is 2.28. The minimum atomic E-state index is 0.672. The Balaban J connectivity index is 2.66. The summed E-state index contributed by atoms with van der Waals surface area (Å²) in [4.78, 5) is 1.47.